The number of nitrogens with one attached hydrogen (secondary N) is 2. The third-order valence-electron chi connectivity index (χ3n) is 4.92. The molecule has 5 nitrogen and oxygen atoms in total. The fourth-order valence-corrected chi connectivity index (χ4v) is 3.56. The molecule has 128 valence electrons. The largest absolute Gasteiger partial charge is 0.460 e. The van der Waals surface area contributed by atoms with Crippen molar-refractivity contribution >= 4 is 11.7 Å². The molecule has 2 N–H and O–H groups in total. The van der Waals surface area contributed by atoms with Gasteiger partial charge in [0.25, 0.3) is 0 Å². The Kier molecular flexibility index (Phi) is 3.92. The van der Waals surface area contributed by atoms with Gasteiger partial charge in [-0.1, -0.05) is 24.3 Å². The first-order chi connectivity index (χ1) is 12.1. The molecule has 0 fully saturated rings. The molecule has 1 aliphatic carbocycles. The topological polar surface area (TPSA) is 70.9 Å². The van der Waals surface area contributed by atoms with Gasteiger partial charge in [-0.25, -0.2) is 0 Å². The number of fused-ring (bicyclic) bond motifs is 1. The molecule has 0 aliphatic heterocycles. The van der Waals surface area contributed by atoms with Crippen LogP contribution < -0.4 is 5.32 Å². The van der Waals surface area contributed by atoms with Crippen LogP contribution in [0.2, 0.25) is 0 Å². The smallest absolute Gasteiger partial charge is 0.233 e. The highest BCUT2D eigenvalue weighted by Gasteiger charge is 2.27. The number of benzene rings is 1. The summed E-state index contributed by atoms with van der Waals surface area (Å²) in [7, 11) is 0. The van der Waals surface area contributed by atoms with E-state index < -0.39 is 0 Å². The average molecular weight is 335 g/mol. The summed E-state index contributed by atoms with van der Waals surface area (Å²) < 4.78 is 5.65. The lowest BCUT2D eigenvalue weighted by Gasteiger charge is -2.24. The van der Waals surface area contributed by atoms with Gasteiger partial charge in [-0.05, 0) is 56.4 Å². The van der Waals surface area contributed by atoms with Crippen LogP contribution in [-0.2, 0) is 11.2 Å². The summed E-state index contributed by atoms with van der Waals surface area (Å²) >= 11 is 0. The van der Waals surface area contributed by atoms with Gasteiger partial charge in [-0.3, -0.25) is 9.89 Å². The van der Waals surface area contributed by atoms with Crippen molar-refractivity contribution in [3.8, 4) is 11.5 Å². The summed E-state index contributed by atoms with van der Waals surface area (Å²) in [6, 6.07) is 12.0. The summed E-state index contributed by atoms with van der Waals surface area (Å²) in [5.74, 6) is 2.02. The van der Waals surface area contributed by atoms with Gasteiger partial charge in [0.15, 0.2) is 11.6 Å². The lowest BCUT2D eigenvalue weighted by molar-refractivity contribution is -0.117. The molecule has 1 amide bonds. The molecule has 4 rings (SSSR count). The number of furan rings is 1. The highest BCUT2D eigenvalue weighted by molar-refractivity contribution is 5.96. The number of hydrogen-bond acceptors (Lipinski definition) is 3. The monoisotopic (exact) mass is 335 g/mol. The molecule has 25 heavy (non-hydrogen) atoms. The maximum atomic E-state index is 12.8. The zero-order chi connectivity index (χ0) is 17.4. The Morgan fingerprint density at radius 1 is 1.24 bits per heavy atom. The minimum Gasteiger partial charge on any atom is -0.460 e. The summed E-state index contributed by atoms with van der Waals surface area (Å²) in [5, 5.41) is 10.2. The fraction of sp³-hybridized carbons (Fsp3) is 0.300. The molecular formula is C20H21N3O2. The van der Waals surface area contributed by atoms with Crippen LogP contribution in [0.5, 0.6) is 0 Å². The van der Waals surface area contributed by atoms with E-state index in [1.54, 1.807) is 0 Å². The van der Waals surface area contributed by atoms with Gasteiger partial charge in [-0.15, -0.1) is 0 Å². The van der Waals surface area contributed by atoms with Crippen LogP contribution in [0.1, 0.15) is 41.2 Å². The number of nitrogens with zero attached hydrogens (tertiary/aromatic N) is 1. The van der Waals surface area contributed by atoms with E-state index in [9.17, 15) is 4.79 Å². The minimum absolute atomic E-state index is 0.00363. The Morgan fingerprint density at radius 3 is 2.88 bits per heavy atom. The number of carbonyl (C=O) groups is 1. The summed E-state index contributed by atoms with van der Waals surface area (Å²) in [6.45, 7) is 3.83. The number of aryl methyl sites for hydroxylation is 2. The van der Waals surface area contributed by atoms with E-state index in [2.05, 4.69) is 27.6 Å². The van der Waals surface area contributed by atoms with E-state index >= 15 is 0 Å². The molecule has 1 aromatic carbocycles. The SMILES string of the molecule is Cc1ccc(-c2[nH]nc(NC(=O)C3CCCc4ccccc43)c2C)o1. The number of anilines is 1. The summed E-state index contributed by atoms with van der Waals surface area (Å²) in [4.78, 5) is 12.8. The van der Waals surface area contributed by atoms with Gasteiger partial charge in [0.1, 0.15) is 11.5 Å². The molecule has 1 unspecified atom stereocenters. The van der Waals surface area contributed by atoms with E-state index in [-0.39, 0.29) is 11.8 Å². The standard InChI is InChI=1S/C20H21N3O2/c1-12-10-11-17(25-12)18-13(2)19(23-22-18)21-20(24)16-9-5-7-14-6-3-4-8-15(14)16/h3-4,6,8,10-11,16H,5,7,9H2,1-2H3,(H2,21,22,23,24). The van der Waals surface area contributed by atoms with Crippen LogP contribution in [0.4, 0.5) is 5.82 Å². The van der Waals surface area contributed by atoms with Crippen LogP contribution in [0, 0.1) is 13.8 Å². The second-order valence-corrected chi connectivity index (χ2v) is 6.62. The van der Waals surface area contributed by atoms with Crippen molar-refractivity contribution in [1.29, 1.82) is 0 Å². The van der Waals surface area contributed by atoms with E-state index in [4.69, 9.17) is 4.42 Å². The Balaban J connectivity index is 1.57. The third kappa shape index (κ3) is 2.86. The van der Waals surface area contributed by atoms with Crippen molar-refractivity contribution < 1.29 is 9.21 Å². The molecule has 0 bridgehead atoms. The van der Waals surface area contributed by atoms with Crippen molar-refractivity contribution in [2.24, 2.45) is 0 Å². The van der Waals surface area contributed by atoms with E-state index in [1.807, 2.05) is 38.1 Å². The molecule has 2 heterocycles. The molecule has 1 aliphatic rings. The zero-order valence-corrected chi connectivity index (χ0v) is 14.4. The average Bonchev–Trinajstić information content (AvgIpc) is 3.20. The lowest BCUT2D eigenvalue weighted by Crippen LogP contribution is -2.25. The van der Waals surface area contributed by atoms with E-state index in [0.29, 0.717) is 5.82 Å². The predicted octanol–water partition coefficient (Wildman–Crippen LogP) is 4.35. The Morgan fingerprint density at radius 2 is 2.08 bits per heavy atom. The minimum atomic E-state index is -0.115. The first-order valence-corrected chi connectivity index (χ1v) is 8.64. The van der Waals surface area contributed by atoms with Crippen LogP contribution in [0.3, 0.4) is 0 Å². The molecule has 0 radical (unpaired) electrons. The van der Waals surface area contributed by atoms with Crippen LogP contribution in [0.15, 0.2) is 40.8 Å². The van der Waals surface area contributed by atoms with Gasteiger partial charge >= 0.3 is 0 Å². The highest BCUT2D eigenvalue weighted by atomic mass is 16.3. The number of aromatic nitrogens is 2. The molecule has 3 aromatic rings. The Hall–Kier alpha value is -2.82. The normalized spacial score (nSPS) is 16.5. The second kappa shape index (κ2) is 6.24. The first-order valence-electron chi connectivity index (χ1n) is 8.64. The maximum absolute atomic E-state index is 12.8. The number of rotatable bonds is 3. The number of hydrogen-bond donors (Lipinski definition) is 2. The third-order valence-corrected chi connectivity index (χ3v) is 4.92. The van der Waals surface area contributed by atoms with Gasteiger partial charge in [0, 0.05) is 5.56 Å². The molecule has 0 saturated heterocycles. The quantitative estimate of drug-likeness (QED) is 0.748. The highest BCUT2D eigenvalue weighted by Crippen LogP contribution is 2.33. The van der Waals surface area contributed by atoms with E-state index in [0.717, 1.165) is 47.6 Å². The Labute approximate surface area is 146 Å². The predicted molar refractivity (Wildman–Crippen MR) is 96.5 cm³/mol. The molecule has 0 spiro atoms. The number of H-pyrrole nitrogens is 1. The van der Waals surface area contributed by atoms with Gasteiger partial charge in [0.05, 0.1) is 5.92 Å². The molecule has 2 aromatic heterocycles. The van der Waals surface area contributed by atoms with Crippen molar-refractivity contribution in [3.63, 3.8) is 0 Å². The fourth-order valence-electron chi connectivity index (χ4n) is 3.56. The molecular weight excluding hydrogens is 314 g/mol. The molecule has 1 atom stereocenters. The number of aromatic amines is 1. The van der Waals surface area contributed by atoms with E-state index in [1.165, 1.54) is 5.56 Å². The number of carbonyl (C=O) groups excluding carboxylic acids is 1. The van der Waals surface area contributed by atoms with Crippen LogP contribution in [0.25, 0.3) is 11.5 Å². The molecule has 5 heteroatoms. The summed E-state index contributed by atoms with van der Waals surface area (Å²) in [5.41, 5.74) is 4.10. The second-order valence-electron chi connectivity index (χ2n) is 6.62. The van der Waals surface area contributed by atoms with Crippen LogP contribution >= 0.6 is 0 Å². The van der Waals surface area contributed by atoms with Crippen molar-refractivity contribution in [1.82, 2.24) is 10.2 Å². The molecule has 0 saturated carbocycles. The van der Waals surface area contributed by atoms with Crippen molar-refractivity contribution in [2.75, 3.05) is 5.32 Å². The van der Waals surface area contributed by atoms with Crippen molar-refractivity contribution in [2.45, 2.75) is 39.0 Å². The van der Waals surface area contributed by atoms with Crippen molar-refractivity contribution in [3.05, 3.63) is 58.8 Å². The number of amides is 1. The van der Waals surface area contributed by atoms with Gasteiger partial charge in [0.2, 0.25) is 5.91 Å². The van der Waals surface area contributed by atoms with Crippen LogP contribution in [-0.4, -0.2) is 16.1 Å². The lowest BCUT2D eigenvalue weighted by atomic mass is 9.82. The van der Waals surface area contributed by atoms with Gasteiger partial charge < -0.3 is 9.73 Å². The van der Waals surface area contributed by atoms with Gasteiger partial charge in [-0.2, -0.15) is 5.10 Å². The maximum Gasteiger partial charge on any atom is 0.233 e. The Bertz CT molecular complexity index is 923. The zero-order valence-electron chi connectivity index (χ0n) is 14.4. The first kappa shape index (κ1) is 15.7. The summed E-state index contributed by atoms with van der Waals surface area (Å²) in [6.07, 6.45) is 2.95.